The summed E-state index contributed by atoms with van der Waals surface area (Å²) in [7, 11) is 1.59. The molecule has 1 unspecified atom stereocenters. The Balaban J connectivity index is 1.91. The van der Waals surface area contributed by atoms with Crippen molar-refractivity contribution in [2.24, 2.45) is 0 Å². The Hall–Kier alpha value is -3.09. The normalized spacial score (nSPS) is 16.0. The standard InChI is InChI=1S/C18H18N2O5/c1-3-24-18(22)16-17(21)20(14-8-9-19-10-15(14)25-16)11-12-4-6-13(23-2)7-5-12/h4-10,16H,3,11H2,1-2H3. The number of aromatic nitrogens is 1. The topological polar surface area (TPSA) is 78.0 Å². The monoisotopic (exact) mass is 342 g/mol. The lowest BCUT2D eigenvalue weighted by Gasteiger charge is -2.33. The highest BCUT2D eigenvalue weighted by atomic mass is 16.6. The average molecular weight is 342 g/mol. The number of ether oxygens (including phenoxy) is 3. The van der Waals surface area contributed by atoms with Gasteiger partial charge in [0.15, 0.2) is 5.75 Å². The number of amides is 1. The van der Waals surface area contributed by atoms with Crippen LogP contribution in [0.3, 0.4) is 0 Å². The first-order valence-corrected chi connectivity index (χ1v) is 7.85. The number of carbonyl (C=O) groups is 2. The third kappa shape index (κ3) is 3.40. The summed E-state index contributed by atoms with van der Waals surface area (Å²) in [4.78, 5) is 30.4. The number of pyridine rings is 1. The van der Waals surface area contributed by atoms with E-state index in [1.165, 1.54) is 11.1 Å². The van der Waals surface area contributed by atoms with E-state index < -0.39 is 18.0 Å². The number of nitrogens with zero attached hydrogens (tertiary/aromatic N) is 2. The summed E-state index contributed by atoms with van der Waals surface area (Å²) in [5.74, 6) is -0.0746. The Morgan fingerprint density at radius 2 is 2.04 bits per heavy atom. The molecule has 0 aliphatic carbocycles. The Morgan fingerprint density at radius 1 is 1.28 bits per heavy atom. The molecule has 130 valence electrons. The molecule has 0 saturated carbocycles. The highest BCUT2D eigenvalue weighted by molar-refractivity contribution is 6.11. The van der Waals surface area contributed by atoms with Crippen LogP contribution >= 0.6 is 0 Å². The maximum atomic E-state index is 12.8. The van der Waals surface area contributed by atoms with E-state index in [-0.39, 0.29) is 6.61 Å². The summed E-state index contributed by atoms with van der Waals surface area (Å²) in [6, 6.07) is 9.04. The van der Waals surface area contributed by atoms with E-state index in [2.05, 4.69) is 4.98 Å². The molecule has 3 rings (SSSR count). The number of anilines is 1. The number of hydrogen-bond acceptors (Lipinski definition) is 6. The zero-order chi connectivity index (χ0) is 17.8. The fraction of sp³-hybridized carbons (Fsp3) is 0.278. The predicted octanol–water partition coefficient (Wildman–Crippen LogP) is 1.95. The molecule has 7 heteroatoms. The van der Waals surface area contributed by atoms with Crippen LogP contribution in [0.2, 0.25) is 0 Å². The van der Waals surface area contributed by atoms with Gasteiger partial charge in [0.2, 0.25) is 0 Å². The highest BCUT2D eigenvalue weighted by Crippen LogP contribution is 2.34. The molecule has 0 radical (unpaired) electrons. The first-order valence-electron chi connectivity index (χ1n) is 7.85. The maximum Gasteiger partial charge on any atom is 0.357 e. The van der Waals surface area contributed by atoms with Gasteiger partial charge in [0.1, 0.15) is 5.75 Å². The van der Waals surface area contributed by atoms with Gasteiger partial charge in [-0.05, 0) is 30.7 Å². The molecule has 0 bridgehead atoms. The molecule has 2 aromatic rings. The molecule has 25 heavy (non-hydrogen) atoms. The number of hydrogen-bond donors (Lipinski definition) is 0. The molecule has 1 aliphatic rings. The molecule has 0 spiro atoms. The summed E-state index contributed by atoms with van der Waals surface area (Å²) in [5, 5.41) is 0. The van der Waals surface area contributed by atoms with Gasteiger partial charge in [0, 0.05) is 6.20 Å². The zero-order valence-corrected chi connectivity index (χ0v) is 14.0. The predicted molar refractivity (Wildman–Crippen MR) is 89.5 cm³/mol. The molecule has 0 saturated heterocycles. The number of carbonyl (C=O) groups excluding carboxylic acids is 2. The van der Waals surface area contributed by atoms with Crippen molar-refractivity contribution < 1.29 is 23.8 Å². The van der Waals surface area contributed by atoms with Gasteiger partial charge in [-0.25, -0.2) is 4.79 Å². The third-order valence-corrected chi connectivity index (χ3v) is 3.79. The molecule has 0 N–H and O–H groups in total. The quantitative estimate of drug-likeness (QED) is 0.610. The number of fused-ring (bicyclic) bond motifs is 1. The molecule has 2 heterocycles. The Morgan fingerprint density at radius 3 is 2.72 bits per heavy atom. The first-order chi connectivity index (χ1) is 12.1. The van der Waals surface area contributed by atoms with Crippen molar-refractivity contribution in [2.75, 3.05) is 18.6 Å². The van der Waals surface area contributed by atoms with Crippen LogP contribution in [0.4, 0.5) is 5.69 Å². The summed E-state index contributed by atoms with van der Waals surface area (Å²) >= 11 is 0. The lowest BCUT2D eigenvalue weighted by molar-refractivity contribution is -0.156. The molecule has 1 aliphatic heterocycles. The molecule has 1 atom stereocenters. The number of esters is 1. The van der Waals surface area contributed by atoms with Crippen LogP contribution < -0.4 is 14.4 Å². The second kappa shape index (κ2) is 7.21. The van der Waals surface area contributed by atoms with E-state index in [0.29, 0.717) is 18.0 Å². The van der Waals surface area contributed by atoms with E-state index in [0.717, 1.165) is 11.3 Å². The fourth-order valence-corrected chi connectivity index (χ4v) is 2.57. The summed E-state index contributed by atoms with van der Waals surface area (Å²) in [6.45, 7) is 2.14. The van der Waals surface area contributed by atoms with Gasteiger partial charge < -0.3 is 19.1 Å². The van der Waals surface area contributed by atoms with Crippen molar-refractivity contribution in [1.29, 1.82) is 0 Å². The third-order valence-electron chi connectivity index (χ3n) is 3.79. The van der Waals surface area contributed by atoms with Gasteiger partial charge in [0.25, 0.3) is 12.0 Å². The maximum absolute atomic E-state index is 12.8. The lowest BCUT2D eigenvalue weighted by atomic mass is 10.1. The van der Waals surface area contributed by atoms with Crippen LogP contribution in [0.1, 0.15) is 12.5 Å². The minimum atomic E-state index is -1.32. The van der Waals surface area contributed by atoms with Crippen LogP contribution in [0.5, 0.6) is 11.5 Å². The second-order valence-corrected chi connectivity index (χ2v) is 5.37. The van der Waals surface area contributed by atoms with Gasteiger partial charge in [-0.2, -0.15) is 0 Å². The Kier molecular flexibility index (Phi) is 4.83. The van der Waals surface area contributed by atoms with E-state index in [1.54, 1.807) is 26.3 Å². The van der Waals surface area contributed by atoms with E-state index >= 15 is 0 Å². The lowest BCUT2D eigenvalue weighted by Crippen LogP contribution is -2.50. The van der Waals surface area contributed by atoms with Crippen molar-refractivity contribution in [3.8, 4) is 11.5 Å². The second-order valence-electron chi connectivity index (χ2n) is 5.37. The summed E-state index contributed by atoms with van der Waals surface area (Å²) in [5.41, 5.74) is 1.46. The van der Waals surface area contributed by atoms with Gasteiger partial charge in [-0.15, -0.1) is 0 Å². The van der Waals surface area contributed by atoms with Gasteiger partial charge >= 0.3 is 5.97 Å². The minimum Gasteiger partial charge on any atom is -0.497 e. The van der Waals surface area contributed by atoms with Gasteiger partial charge in [-0.1, -0.05) is 12.1 Å². The molecule has 1 aromatic heterocycles. The molecule has 1 amide bonds. The minimum absolute atomic E-state index is 0.171. The summed E-state index contributed by atoms with van der Waals surface area (Å²) < 4.78 is 15.6. The van der Waals surface area contributed by atoms with Crippen molar-refractivity contribution in [1.82, 2.24) is 4.98 Å². The van der Waals surface area contributed by atoms with Crippen molar-refractivity contribution >= 4 is 17.6 Å². The largest absolute Gasteiger partial charge is 0.497 e. The number of rotatable bonds is 5. The van der Waals surface area contributed by atoms with E-state index in [4.69, 9.17) is 14.2 Å². The summed E-state index contributed by atoms with van der Waals surface area (Å²) in [6.07, 6.45) is 1.73. The molecular formula is C18H18N2O5. The molecule has 1 aromatic carbocycles. The Bertz CT molecular complexity index is 775. The van der Waals surface area contributed by atoms with E-state index in [1.807, 2.05) is 24.3 Å². The van der Waals surface area contributed by atoms with Crippen molar-refractivity contribution in [3.63, 3.8) is 0 Å². The average Bonchev–Trinajstić information content (AvgIpc) is 2.64. The van der Waals surface area contributed by atoms with Crippen LogP contribution in [0.15, 0.2) is 42.7 Å². The fourth-order valence-electron chi connectivity index (χ4n) is 2.57. The van der Waals surface area contributed by atoms with Gasteiger partial charge in [-0.3, -0.25) is 9.78 Å². The number of benzene rings is 1. The van der Waals surface area contributed by atoms with Gasteiger partial charge in [0.05, 0.1) is 32.1 Å². The van der Waals surface area contributed by atoms with E-state index in [9.17, 15) is 9.59 Å². The molecule has 0 fully saturated rings. The van der Waals surface area contributed by atoms with Crippen molar-refractivity contribution in [2.45, 2.75) is 19.6 Å². The zero-order valence-electron chi connectivity index (χ0n) is 14.0. The van der Waals surface area contributed by atoms with Crippen LogP contribution in [-0.2, 0) is 20.9 Å². The van der Waals surface area contributed by atoms with Crippen LogP contribution in [0, 0.1) is 0 Å². The van der Waals surface area contributed by atoms with Crippen LogP contribution in [-0.4, -0.2) is 36.7 Å². The Labute approximate surface area is 145 Å². The highest BCUT2D eigenvalue weighted by Gasteiger charge is 2.40. The number of methoxy groups -OCH3 is 1. The van der Waals surface area contributed by atoms with Crippen LogP contribution in [0.25, 0.3) is 0 Å². The molecular weight excluding hydrogens is 324 g/mol. The molecule has 7 nitrogen and oxygen atoms in total. The SMILES string of the molecule is CCOC(=O)C1Oc2cnccc2N(Cc2ccc(OC)cc2)C1=O. The smallest absolute Gasteiger partial charge is 0.357 e. The van der Waals surface area contributed by atoms with Crippen molar-refractivity contribution in [3.05, 3.63) is 48.3 Å². The first kappa shape index (κ1) is 16.8.